The molecule has 3 aromatic rings. The molecular formula is C32H38N4O7S. The summed E-state index contributed by atoms with van der Waals surface area (Å²) in [6.45, 7) is 1.26. The zero-order valence-corrected chi connectivity index (χ0v) is 26.0. The maximum atomic E-state index is 14.3. The number of carbonyl (C=O) groups excluding carboxylic acids is 2. The minimum Gasteiger partial charge on any atom is -0.495 e. The normalized spacial score (nSPS) is 14.1. The van der Waals surface area contributed by atoms with Crippen LogP contribution in [0.4, 0.5) is 11.4 Å². The van der Waals surface area contributed by atoms with Crippen LogP contribution in [0.2, 0.25) is 0 Å². The molecule has 0 spiro atoms. The van der Waals surface area contributed by atoms with Gasteiger partial charge < -0.3 is 15.0 Å². The Kier molecular flexibility index (Phi) is 10.6. The van der Waals surface area contributed by atoms with E-state index in [1.807, 2.05) is 61.5 Å². The number of benzene rings is 3. The molecule has 3 aromatic carbocycles. The number of ether oxygens (including phenoxy) is 1. The molecule has 1 atom stereocenters. The van der Waals surface area contributed by atoms with Gasteiger partial charge in [-0.25, -0.2) is 8.42 Å². The summed E-state index contributed by atoms with van der Waals surface area (Å²) in [7, 11) is -2.84. The molecule has 0 aliphatic heterocycles. The smallest absolute Gasteiger partial charge is 0.271 e. The van der Waals surface area contributed by atoms with E-state index >= 15 is 0 Å². The Morgan fingerprint density at radius 2 is 1.70 bits per heavy atom. The van der Waals surface area contributed by atoms with Crippen molar-refractivity contribution in [2.75, 3.05) is 24.2 Å². The van der Waals surface area contributed by atoms with Crippen LogP contribution in [0, 0.1) is 17.0 Å². The molecule has 0 bridgehead atoms. The van der Waals surface area contributed by atoms with Crippen molar-refractivity contribution in [3.05, 3.63) is 99.6 Å². The van der Waals surface area contributed by atoms with E-state index in [0.717, 1.165) is 59.0 Å². The number of nitro groups is 1. The predicted octanol–water partition coefficient (Wildman–Crippen LogP) is 4.38. The number of hydrogen-bond donors (Lipinski definition) is 1. The van der Waals surface area contributed by atoms with Gasteiger partial charge in [-0.3, -0.25) is 24.0 Å². The quantitative estimate of drug-likeness (QED) is 0.221. The molecule has 1 aliphatic carbocycles. The average molecular weight is 623 g/mol. The lowest BCUT2D eigenvalue weighted by Gasteiger charge is -2.34. The van der Waals surface area contributed by atoms with Gasteiger partial charge in [0.25, 0.3) is 5.69 Å². The number of nitro benzene ring substituents is 1. The van der Waals surface area contributed by atoms with E-state index in [-0.39, 0.29) is 42.0 Å². The first-order chi connectivity index (χ1) is 21.0. The van der Waals surface area contributed by atoms with Crippen LogP contribution >= 0.6 is 0 Å². The number of anilines is 1. The van der Waals surface area contributed by atoms with Crippen LogP contribution in [0.1, 0.15) is 42.4 Å². The number of aryl methyl sites for hydroxylation is 1. The standard InChI is InChI=1S/C32H38N4O7S/c1-23-10-9-13-25(18-23)21-34(29(19-24-11-5-4-6-12-24)32(38)33-26-14-7-8-15-26)31(37)22-35(44(3,41)42)28-20-27(36(39)40)16-17-30(28)43-2/h4-6,9-13,16-18,20,26,29H,7-8,14-15,19,21-22H2,1-3H3,(H,33,38)/t29-/m0/s1. The Balaban J connectivity index is 1.78. The zero-order chi connectivity index (χ0) is 31.9. The highest BCUT2D eigenvalue weighted by Crippen LogP contribution is 2.34. The summed E-state index contributed by atoms with van der Waals surface area (Å²) in [5.41, 5.74) is 2.05. The molecule has 44 heavy (non-hydrogen) atoms. The number of amides is 2. The lowest BCUT2D eigenvalue weighted by Crippen LogP contribution is -2.54. The molecule has 0 unspecified atom stereocenters. The highest BCUT2D eigenvalue weighted by Gasteiger charge is 2.35. The van der Waals surface area contributed by atoms with E-state index in [1.165, 1.54) is 24.1 Å². The number of sulfonamides is 1. The van der Waals surface area contributed by atoms with Gasteiger partial charge in [0.1, 0.15) is 24.0 Å². The fraction of sp³-hybridized carbons (Fsp3) is 0.375. The number of rotatable bonds is 13. The largest absolute Gasteiger partial charge is 0.495 e. The summed E-state index contributed by atoms with van der Waals surface area (Å²) in [4.78, 5) is 40.6. The number of carbonyl (C=O) groups is 2. The van der Waals surface area contributed by atoms with Crippen LogP contribution in [-0.2, 0) is 32.6 Å². The van der Waals surface area contributed by atoms with E-state index in [1.54, 1.807) is 0 Å². The third kappa shape index (κ3) is 8.34. The molecule has 1 fully saturated rings. The topological polar surface area (TPSA) is 139 Å². The maximum Gasteiger partial charge on any atom is 0.271 e. The molecule has 2 amide bonds. The SMILES string of the molecule is COc1ccc([N+](=O)[O-])cc1N(CC(=O)N(Cc1cccc(C)c1)[C@@H](Cc1ccccc1)C(=O)NC1CCCC1)S(C)(=O)=O. The zero-order valence-electron chi connectivity index (χ0n) is 25.1. The Morgan fingerprint density at radius 1 is 1.02 bits per heavy atom. The van der Waals surface area contributed by atoms with Crippen LogP contribution in [0.5, 0.6) is 5.75 Å². The Morgan fingerprint density at radius 3 is 2.32 bits per heavy atom. The van der Waals surface area contributed by atoms with Gasteiger partial charge in [-0.2, -0.15) is 0 Å². The van der Waals surface area contributed by atoms with Gasteiger partial charge in [0, 0.05) is 31.1 Å². The monoisotopic (exact) mass is 622 g/mol. The number of methoxy groups -OCH3 is 1. The molecule has 234 valence electrons. The first kappa shape index (κ1) is 32.5. The fourth-order valence-corrected chi connectivity index (χ4v) is 6.36. The summed E-state index contributed by atoms with van der Waals surface area (Å²) in [5.74, 6) is -0.924. The van der Waals surface area contributed by atoms with Gasteiger partial charge >= 0.3 is 0 Å². The molecule has 1 aliphatic rings. The van der Waals surface area contributed by atoms with E-state index in [0.29, 0.717) is 0 Å². The summed E-state index contributed by atoms with van der Waals surface area (Å²) in [6.07, 6.45) is 4.84. The summed E-state index contributed by atoms with van der Waals surface area (Å²) >= 11 is 0. The van der Waals surface area contributed by atoms with Crippen molar-refractivity contribution in [1.29, 1.82) is 0 Å². The molecule has 0 radical (unpaired) electrons. The first-order valence-corrected chi connectivity index (χ1v) is 16.3. The van der Waals surface area contributed by atoms with E-state index < -0.39 is 33.4 Å². The van der Waals surface area contributed by atoms with Crippen LogP contribution in [-0.4, -0.2) is 62.0 Å². The Hall–Kier alpha value is -4.45. The third-order valence-corrected chi connectivity index (χ3v) is 8.86. The van der Waals surface area contributed by atoms with Crippen molar-refractivity contribution >= 4 is 33.2 Å². The fourth-order valence-electron chi connectivity index (χ4n) is 5.51. The number of hydrogen-bond acceptors (Lipinski definition) is 7. The van der Waals surface area contributed by atoms with Crippen molar-refractivity contribution in [2.24, 2.45) is 0 Å². The molecule has 0 heterocycles. The summed E-state index contributed by atoms with van der Waals surface area (Å²) in [5, 5.41) is 14.7. The molecule has 1 N–H and O–H groups in total. The molecular weight excluding hydrogens is 584 g/mol. The number of non-ortho nitro benzene ring substituents is 1. The van der Waals surface area contributed by atoms with Gasteiger partial charge in [-0.15, -0.1) is 0 Å². The predicted molar refractivity (Wildman–Crippen MR) is 168 cm³/mol. The lowest BCUT2D eigenvalue weighted by molar-refractivity contribution is -0.384. The second-order valence-electron chi connectivity index (χ2n) is 11.1. The average Bonchev–Trinajstić information content (AvgIpc) is 3.50. The van der Waals surface area contributed by atoms with E-state index in [9.17, 15) is 28.1 Å². The second kappa shape index (κ2) is 14.3. The second-order valence-corrected chi connectivity index (χ2v) is 13.0. The van der Waals surface area contributed by atoms with Gasteiger partial charge in [0.05, 0.1) is 18.3 Å². The third-order valence-electron chi connectivity index (χ3n) is 7.73. The summed E-state index contributed by atoms with van der Waals surface area (Å²) in [6, 6.07) is 19.4. The van der Waals surface area contributed by atoms with Crippen molar-refractivity contribution in [1.82, 2.24) is 10.2 Å². The van der Waals surface area contributed by atoms with Crippen LogP contribution in [0.3, 0.4) is 0 Å². The minimum absolute atomic E-state index is 0.00153. The molecule has 1 saturated carbocycles. The molecule has 12 heteroatoms. The van der Waals surface area contributed by atoms with Crippen molar-refractivity contribution in [2.45, 2.75) is 57.7 Å². The van der Waals surface area contributed by atoms with Gasteiger partial charge in [0.2, 0.25) is 21.8 Å². The molecule has 0 saturated heterocycles. The molecule has 4 rings (SSSR count). The van der Waals surface area contributed by atoms with E-state index in [4.69, 9.17) is 4.74 Å². The van der Waals surface area contributed by atoms with Crippen molar-refractivity contribution < 1.29 is 27.7 Å². The van der Waals surface area contributed by atoms with Crippen LogP contribution in [0.15, 0.2) is 72.8 Å². The van der Waals surface area contributed by atoms with Gasteiger partial charge in [-0.1, -0.05) is 73.0 Å². The van der Waals surface area contributed by atoms with Crippen molar-refractivity contribution in [3.8, 4) is 5.75 Å². The van der Waals surface area contributed by atoms with Crippen molar-refractivity contribution in [3.63, 3.8) is 0 Å². The van der Waals surface area contributed by atoms with Crippen LogP contribution < -0.4 is 14.4 Å². The minimum atomic E-state index is -4.14. The summed E-state index contributed by atoms with van der Waals surface area (Å²) < 4.78 is 32.4. The lowest BCUT2D eigenvalue weighted by atomic mass is 10.0. The van der Waals surface area contributed by atoms with E-state index in [2.05, 4.69) is 5.32 Å². The Bertz CT molecular complexity index is 1590. The first-order valence-electron chi connectivity index (χ1n) is 14.5. The number of nitrogens with zero attached hydrogens (tertiary/aromatic N) is 3. The van der Waals surface area contributed by atoms with Gasteiger partial charge in [0.15, 0.2) is 0 Å². The Labute approximate surface area is 258 Å². The highest BCUT2D eigenvalue weighted by molar-refractivity contribution is 7.92. The molecule has 11 nitrogen and oxygen atoms in total. The van der Waals surface area contributed by atoms with Gasteiger partial charge in [-0.05, 0) is 37.0 Å². The highest BCUT2D eigenvalue weighted by atomic mass is 32.2. The number of nitrogens with one attached hydrogen (secondary N) is 1. The maximum absolute atomic E-state index is 14.3. The molecule has 0 aromatic heterocycles. The van der Waals surface area contributed by atoms with Crippen LogP contribution in [0.25, 0.3) is 0 Å².